The third-order valence-electron chi connectivity index (χ3n) is 3.62. The Kier molecular flexibility index (Phi) is 3.06. The maximum Gasteiger partial charge on any atom is 0.254 e. The number of rotatable bonds is 2. The second kappa shape index (κ2) is 4.89. The smallest absolute Gasteiger partial charge is 0.254 e. The molecule has 0 aliphatic heterocycles. The number of benzene rings is 2. The first-order valence-electron chi connectivity index (χ1n) is 6.34. The van der Waals surface area contributed by atoms with Crippen LogP contribution in [0.4, 0.5) is 4.39 Å². The molecule has 0 spiro atoms. The summed E-state index contributed by atoms with van der Waals surface area (Å²) in [5, 5.41) is 11.3. The Bertz CT molecular complexity index is 692. The van der Waals surface area contributed by atoms with Crippen molar-refractivity contribution < 1.29 is 9.31 Å². The third kappa shape index (κ3) is 2.20. The lowest BCUT2D eigenvalue weighted by molar-refractivity contribution is -0.428. The highest BCUT2D eigenvalue weighted by Crippen LogP contribution is 2.35. The Balaban J connectivity index is 2.08. The quantitative estimate of drug-likeness (QED) is 0.615. The van der Waals surface area contributed by atoms with Gasteiger partial charge in [0.15, 0.2) is 0 Å². The van der Waals surface area contributed by atoms with Crippen LogP contribution in [0.15, 0.2) is 54.2 Å². The number of fused-ring (bicyclic) bond motifs is 1. The molecule has 0 heterocycles. The van der Waals surface area contributed by atoms with Gasteiger partial charge in [-0.1, -0.05) is 36.4 Å². The molecule has 0 aromatic heterocycles. The van der Waals surface area contributed by atoms with E-state index in [0.717, 1.165) is 16.7 Å². The van der Waals surface area contributed by atoms with E-state index >= 15 is 0 Å². The summed E-state index contributed by atoms with van der Waals surface area (Å²) < 4.78 is 13.0. The van der Waals surface area contributed by atoms with Crippen molar-refractivity contribution in [3.63, 3.8) is 0 Å². The minimum Gasteiger partial charge on any atom is -0.259 e. The summed E-state index contributed by atoms with van der Waals surface area (Å²) in [6.45, 7) is 0. The minimum atomic E-state index is -0.343. The van der Waals surface area contributed by atoms with Crippen LogP contribution in [-0.4, -0.2) is 4.92 Å². The predicted octanol–water partition coefficient (Wildman–Crippen LogP) is 3.78. The average Bonchev–Trinajstić information content (AvgIpc) is 2.46. The predicted molar refractivity (Wildman–Crippen MR) is 74.3 cm³/mol. The summed E-state index contributed by atoms with van der Waals surface area (Å²) >= 11 is 0. The zero-order valence-corrected chi connectivity index (χ0v) is 10.6. The third-order valence-corrected chi connectivity index (χ3v) is 3.62. The molecule has 0 N–H and O–H groups in total. The van der Waals surface area contributed by atoms with Gasteiger partial charge in [0.2, 0.25) is 0 Å². The van der Waals surface area contributed by atoms with Crippen molar-refractivity contribution in [3.05, 3.63) is 86.8 Å². The van der Waals surface area contributed by atoms with Gasteiger partial charge in [-0.2, -0.15) is 0 Å². The first kappa shape index (κ1) is 12.5. The number of halogens is 1. The second-order valence-electron chi connectivity index (χ2n) is 4.83. The number of allylic oxidation sites excluding steroid dienone is 1. The monoisotopic (exact) mass is 269 g/mol. The Morgan fingerprint density at radius 1 is 1.10 bits per heavy atom. The van der Waals surface area contributed by atoms with Gasteiger partial charge in [-0.15, -0.1) is 0 Å². The largest absolute Gasteiger partial charge is 0.259 e. The van der Waals surface area contributed by atoms with Crippen LogP contribution in [0, 0.1) is 15.9 Å². The molecule has 2 aromatic rings. The fourth-order valence-corrected chi connectivity index (χ4v) is 2.61. The molecule has 2 aromatic carbocycles. The van der Waals surface area contributed by atoms with E-state index in [1.807, 2.05) is 24.3 Å². The van der Waals surface area contributed by atoms with Gasteiger partial charge in [-0.25, -0.2) is 4.39 Å². The number of nitro groups is 1. The topological polar surface area (TPSA) is 43.1 Å². The van der Waals surface area contributed by atoms with Crippen molar-refractivity contribution in [1.82, 2.24) is 0 Å². The normalized spacial score (nSPS) is 17.2. The minimum absolute atomic E-state index is 0.162. The summed E-state index contributed by atoms with van der Waals surface area (Å²) in [5.41, 5.74) is 2.89. The van der Waals surface area contributed by atoms with E-state index in [1.165, 1.54) is 12.1 Å². The van der Waals surface area contributed by atoms with Gasteiger partial charge >= 0.3 is 0 Å². The highest BCUT2D eigenvalue weighted by molar-refractivity contribution is 5.60. The Morgan fingerprint density at radius 3 is 2.50 bits per heavy atom. The molecule has 0 fully saturated rings. The van der Waals surface area contributed by atoms with Crippen molar-refractivity contribution in [2.75, 3.05) is 0 Å². The van der Waals surface area contributed by atoms with Crippen LogP contribution in [0.5, 0.6) is 0 Å². The standard InChI is InChI=1S/C16H12FNO2/c17-14-7-5-11(6-8-14)15-9-12-3-1-2-4-13(12)10-16(15)18(19)20/h1-8,10,15H,9H2. The van der Waals surface area contributed by atoms with E-state index in [4.69, 9.17) is 0 Å². The lowest BCUT2D eigenvalue weighted by Gasteiger charge is -2.20. The van der Waals surface area contributed by atoms with E-state index < -0.39 is 0 Å². The summed E-state index contributed by atoms with van der Waals surface area (Å²) in [6, 6.07) is 13.5. The van der Waals surface area contributed by atoms with Crippen LogP contribution in [0.25, 0.3) is 6.08 Å². The highest BCUT2D eigenvalue weighted by Gasteiger charge is 2.31. The molecular weight excluding hydrogens is 257 g/mol. The van der Waals surface area contributed by atoms with Crippen LogP contribution in [0.3, 0.4) is 0 Å². The van der Waals surface area contributed by atoms with Gasteiger partial charge in [0, 0.05) is 6.08 Å². The maximum absolute atomic E-state index is 13.0. The van der Waals surface area contributed by atoms with E-state index in [0.29, 0.717) is 6.42 Å². The molecule has 0 radical (unpaired) electrons. The van der Waals surface area contributed by atoms with Crippen molar-refractivity contribution >= 4 is 6.08 Å². The first-order valence-corrected chi connectivity index (χ1v) is 6.34. The van der Waals surface area contributed by atoms with Crippen LogP contribution in [0.2, 0.25) is 0 Å². The SMILES string of the molecule is O=[N+]([O-])C1=Cc2ccccc2CC1c1ccc(F)cc1. The highest BCUT2D eigenvalue weighted by atomic mass is 19.1. The first-order chi connectivity index (χ1) is 9.65. The Morgan fingerprint density at radius 2 is 1.80 bits per heavy atom. The number of hydrogen-bond acceptors (Lipinski definition) is 2. The van der Waals surface area contributed by atoms with Gasteiger partial charge in [0.25, 0.3) is 5.70 Å². The Labute approximate surface area is 115 Å². The average molecular weight is 269 g/mol. The maximum atomic E-state index is 13.0. The molecule has 20 heavy (non-hydrogen) atoms. The van der Waals surface area contributed by atoms with E-state index in [9.17, 15) is 14.5 Å². The molecule has 3 nitrogen and oxygen atoms in total. The molecule has 0 saturated heterocycles. The molecule has 1 aliphatic rings. The van der Waals surface area contributed by atoms with Gasteiger partial charge in [0.1, 0.15) is 5.82 Å². The zero-order chi connectivity index (χ0) is 14.1. The Hall–Kier alpha value is -2.49. The number of hydrogen-bond donors (Lipinski definition) is 0. The number of nitrogens with zero attached hydrogens (tertiary/aromatic N) is 1. The van der Waals surface area contributed by atoms with Gasteiger partial charge in [-0.05, 0) is 35.2 Å². The molecule has 1 unspecified atom stereocenters. The van der Waals surface area contributed by atoms with Crippen molar-refractivity contribution in [1.29, 1.82) is 0 Å². The lowest BCUT2D eigenvalue weighted by Crippen LogP contribution is -2.17. The summed E-state index contributed by atoms with van der Waals surface area (Å²) in [7, 11) is 0. The summed E-state index contributed by atoms with van der Waals surface area (Å²) in [6.07, 6.45) is 2.18. The molecule has 0 amide bonds. The van der Waals surface area contributed by atoms with Gasteiger partial charge in [-0.3, -0.25) is 10.1 Å². The van der Waals surface area contributed by atoms with E-state index in [1.54, 1.807) is 18.2 Å². The molecule has 1 aliphatic carbocycles. The molecule has 0 saturated carbocycles. The summed E-state index contributed by atoms with van der Waals surface area (Å²) in [4.78, 5) is 10.9. The van der Waals surface area contributed by atoms with Crippen LogP contribution >= 0.6 is 0 Å². The van der Waals surface area contributed by atoms with Gasteiger partial charge < -0.3 is 0 Å². The molecule has 3 rings (SSSR count). The molecule has 1 atom stereocenters. The van der Waals surface area contributed by atoms with E-state index in [-0.39, 0.29) is 22.4 Å². The fraction of sp³-hybridized carbons (Fsp3) is 0.125. The van der Waals surface area contributed by atoms with E-state index in [2.05, 4.69) is 0 Å². The molecule has 100 valence electrons. The zero-order valence-electron chi connectivity index (χ0n) is 10.6. The molecule has 0 bridgehead atoms. The second-order valence-corrected chi connectivity index (χ2v) is 4.83. The van der Waals surface area contributed by atoms with Crippen molar-refractivity contribution in [3.8, 4) is 0 Å². The van der Waals surface area contributed by atoms with Crippen molar-refractivity contribution in [2.45, 2.75) is 12.3 Å². The van der Waals surface area contributed by atoms with Crippen LogP contribution < -0.4 is 0 Å². The van der Waals surface area contributed by atoms with Gasteiger partial charge in [0.05, 0.1) is 10.8 Å². The van der Waals surface area contributed by atoms with Crippen LogP contribution in [0.1, 0.15) is 22.6 Å². The van der Waals surface area contributed by atoms with Crippen molar-refractivity contribution in [2.24, 2.45) is 0 Å². The lowest BCUT2D eigenvalue weighted by atomic mass is 9.83. The molecule has 4 heteroatoms. The fourth-order valence-electron chi connectivity index (χ4n) is 2.61. The van der Waals surface area contributed by atoms with Crippen LogP contribution in [-0.2, 0) is 6.42 Å². The summed E-state index contributed by atoms with van der Waals surface area (Å²) in [5.74, 6) is -0.669. The molecular formula is C16H12FNO2.